The summed E-state index contributed by atoms with van der Waals surface area (Å²) < 4.78 is 0. The maximum Gasteiger partial charge on any atom is 0.120 e. The zero-order valence-electron chi connectivity index (χ0n) is 8.47. The van der Waals surface area contributed by atoms with Crippen molar-refractivity contribution in [1.82, 2.24) is 0 Å². The van der Waals surface area contributed by atoms with E-state index in [9.17, 15) is 5.11 Å². The van der Waals surface area contributed by atoms with Crippen LogP contribution >= 0.6 is 24.2 Å². The van der Waals surface area contributed by atoms with Gasteiger partial charge in [0.15, 0.2) is 0 Å². The van der Waals surface area contributed by atoms with E-state index in [0.717, 1.165) is 11.1 Å². The van der Waals surface area contributed by atoms with Crippen LogP contribution in [0, 0.1) is 0 Å². The molecule has 0 bridgehead atoms. The van der Waals surface area contributed by atoms with Crippen molar-refractivity contribution in [2.75, 3.05) is 0 Å². The number of phenolic OH excluding ortho intramolecular Hbond substituents is 1. The lowest BCUT2D eigenvalue weighted by Gasteiger charge is -2.13. The summed E-state index contributed by atoms with van der Waals surface area (Å²) in [4.78, 5) is 0. The number of aromatic hydroxyl groups is 1. The average Bonchev–Trinajstić information content (AvgIpc) is 2.30. The summed E-state index contributed by atoms with van der Waals surface area (Å²) in [7, 11) is 0. The Morgan fingerprint density at radius 2 is 1.62 bits per heavy atom. The minimum Gasteiger partial charge on any atom is -0.508 e. The van der Waals surface area contributed by atoms with Gasteiger partial charge in [0.1, 0.15) is 5.75 Å². The summed E-state index contributed by atoms with van der Waals surface area (Å²) in [5.41, 5.74) is 1.81. The highest BCUT2D eigenvalue weighted by Gasteiger charge is 2.12. The second-order valence-corrected chi connectivity index (χ2v) is 4.47. The molecule has 0 saturated carbocycles. The molecular weight excluding hydrogens is 240 g/mol. The second-order valence-electron chi connectivity index (χ2n) is 3.51. The third-order valence-corrected chi connectivity index (χ3v) is 3.25. The van der Waals surface area contributed by atoms with Gasteiger partial charge in [-0.15, -0.1) is 0 Å². The summed E-state index contributed by atoms with van der Waals surface area (Å²) in [6, 6.07) is 14.7. The molecule has 82 valence electrons. The molecule has 0 aliphatic heterocycles. The predicted molar refractivity (Wildman–Crippen MR) is 70.4 cm³/mol. The lowest BCUT2D eigenvalue weighted by molar-refractivity contribution is 0.469. The maximum absolute atomic E-state index is 9.72. The van der Waals surface area contributed by atoms with Crippen LogP contribution in [0.1, 0.15) is 16.4 Å². The van der Waals surface area contributed by atoms with Crippen LogP contribution in [0.5, 0.6) is 5.75 Å². The zero-order chi connectivity index (χ0) is 11.5. The monoisotopic (exact) mass is 250 g/mol. The van der Waals surface area contributed by atoms with Crippen LogP contribution in [0.25, 0.3) is 0 Å². The summed E-state index contributed by atoms with van der Waals surface area (Å²) >= 11 is 10.3. The topological polar surface area (TPSA) is 20.2 Å². The SMILES string of the molecule is Oc1ccccc1C(S)c1ccc(Cl)cc1. The Balaban J connectivity index is 2.35. The first-order chi connectivity index (χ1) is 7.68. The summed E-state index contributed by atoms with van der Waals surface area (Å²) in [5.74, 6) is 0.262. The summed E-state index contributed by atoms with van der Waals surface area (Å²) in [6.45, 7) is 0. The van der Waals surface area contributed by atoms with E-state index in [1.54, 1.807) is 12.1 Å². The van der Waals surface area contributed by atoms with Crippen LogP contribution in [0.3, 0.4) is 0 Å². The Morgan fingerprint density at radius 1 is 1.00 bits per heavy atom. The molecule has 0 saturated heterocycles. The Labute approximate surface area is 105 Å². The minimum atomic E-state index is -0.140. The van der Waals surface area contributed by atoms with Gasteiger partial charge in [-0.05, 0) is 23.8 Å². The third kappa shape index (κ3) is 2.34. The first-order valence-corrected chi connectivity index (χ1v) is 5.79. The number of halogens is 1. The van der Waals surface area contributed by atoms with Crippen molar-refractivity contribution in [3.63, 3.8) is 0 Å². The molecule has 0 amide bonds. The normalized spacial score (nSPS) is 12.4. The highest BCUT2D eigenvalue weighted by atomic mass is 35.5. The van der Waals surface area contributed by atoms with E-state index in [-0.39, 0.29) is 11.0 Å². The molecule has 0 aromatic heterocycles. The largest absolute Gasteiger partial charge is 0.508 e. The molecule has 16 heavy (non-hydrogen) atoms. The van der Waals surface area contributed by atoms with Gasteiger partial charge in [0.05, 0.1) is 5.25 Å². The maximum atomic E-state index is 9.72. The van der Waals surface area contributed by atoms with Gasteiger partial charge in [0.25, 0.3) is 0 Å². The number of rotatable bonds is 2. The molecule has 0 heterocycles. The molecule has 0 radical (unpaired) electrons. The van der Waals surface area contributed by atoms with E-state index in [0.29, 0.717) is 5.02 Å². The van der Waals surface area contributed by atoms with E-state index >= 15 is 0 Å². The fourth-order valence-corrected chi connectivity index (χ4v) is 2.06. The zero-order valence-corrected chi connectivity index (χ0v) is 10.1. The van der Waals surface area contributed by atoms with E-state index in [4.69, 9.17) is 11.6 Å². The number of hydrogen-bond acceptors (Lipinski definition) is 2. The van der Waals surface area contributed by atoms with Crippen LogP contribution in [0.15, 0.2) is 48.5 Å². The Kier molecular flexibility index (Phi) is 3.42. The van der Waals surface area contributed by atoms with Crippen molar-refractivity contribution in [3.05, 3.63) is 64.7 Å². The summed E-state index contributed by atoms with van der Waals surface area (Å²) in [5, 5.41) is 10.3. The molecule has 0 fully saturated rings. The molecule has 1 nitrogen and oxygen atoms in total. The molecule has 1 atom stereocenters. The lowest BCUT2D eigenvalue weighted by Crippen LogP contribution is -1.93. The highest BCUT2D eigenvalue weighted by molar-refractivity contribution is 7.80. The number of para-hydroxylation sites is 1. The molecule has 0 aliphatic carbocycles. The van der Waals surface area contributed by atoms with E-state index < -0.39 is 0 Å². The van der Waals surface area contributed by atoms with Gasteiger partial charge in [-0.3, -0.25) is 0 Å². The van der Waals surface area contributed by atoms with Crippen molar-refractivity contribution in [1.29, 1.82) is 0 Å². The molecule has 1 N–H and O–H groups in total. The average molecular weight is 251 g/mol. The van der Waals surface area contributed by atoms with Crippen LogP contribution in [-0.4, -0.2) is 5.11 Å². The fourth-order valence-electron chi connectivity index (χ4n) is 1.54. The predicted octanol–water partition coefficient (Wildman–Crippen LogP) is 4.06. The van der Waals surface area contributed by atoms with Gasteiger partial charge in [-0.25, -0.2) is 0 Å². The van der Waals surface area contributed by atoms with Gasteiger partial charge >= 0.3 is 0 Å². The van der Waals surface area contributed by atoms with Crippen LogP contribution in [0.2, 0.25) is 5.02 Å². The van der Waals surface area contributed by atoms with Gasteiger partial charge in [-0.2, -0.15) is 12.6 Å². The van der Waals surface area contributed by atoms with Crippen LogP contribution in [0.4, 0.5) is 0 Å². The van der Waals surface area contributed by atoms with E-state index in [1.165, 1.54) is 0 Å². The van der Waals surface area contributed by atoms with Crippen molar-refractivity contribution in [3.8, 4) is 5.75 Å². The molecule has 2 rings (SSSR count). The highest BCUT2D eigenvalue weighted by Crippen LogP contribution is 2.34. The number of hydrogen-bond donors (Lipinski definition) is 2. The first-order valence-electron chi connectivity index (χ1n) is 4.90. The molecule has 1 unspecified atom stereocenters. The van der Waals surface area contributed by atoms with Crippen LogP contribution < -0.4 is 0 Å². The third-order valence-electron chi connectivity index (χ3n) is 2.42. The fraction of sp³-hybridized carbons (Fsp3) is 0.0769. The van der Waals surface area contributed by atoms with Crippen LogP contribution in [-0.2, 0) is 0 Å². The second kappa shape index (κ2) is 4.81. The summed E-state index contributed by atoms with van der Waals surface area (Å²) in [6.07, 6.45) is 0. The van der Waals surface area contributed by atoms with E-state index in [2.05, 4.69) is 12.6 Å². The van der Waals surface area contributed by atoms with Crippen molar-refractivity contribution < 1.29 is 5.11 Å². The van der Waals surface area contributed by atoms with Gasteiger partial charge in [0.2, 0.25) is 0 Å². The van der Waals surface area contributed by atoms with Crippen molar-refractivity contribution in [2.45, 2.75) is 5.25 Å². The number of thiol groups is 1. The molecular formula is C13H11ClOS. The van der Waals surface area contributed by atoms with Crippen molar-refractivity contribution in [2.24, 2.45) is 0 Å². The Bertz CT molecular complexity index is 482. The van der Waals surface area contributed by atoms with Gasteiger partial charge < -0.3 is 5.11 Å². The first kappa shape index (κ1) is 11.4. The molecule has 3 heteroatoms. The van der Waals surface area contributed by atoms with Gasteiger partial charge in [-0.1, -0.05) is 41.9 Å². The molecule has 0 aliphatic rings. The molecule has 0 spiro atoms. The van der Waals surface area contributed by atoms with E-state index in [1.807, 2.05) is 36.4 Å². The minimum absolute atomic E-state index is 0.140. The standard InChI is InChI=1S/C13H11ClOS/c14-10-7-5-9(6-8-10)13(16)11-3-1-2-4-12(11)15/h1-8,13,15-16H. The Hall–Kier alpha value is -1.12. The smallest absolute Gasteiger partial charge is 0.120 e. The Morgan fingerprint density at radius 3 is 2.25 bits per heavy atom. The van der Waals surface area contributed by atoms with Crippen molar-refractivity contribution >= 4 is 24.2 Å². The molecule has 2 aromatic carbocycles. The lowest BCUT2D eigenvalue weighted by atomic mass is 10.0. The van der Waals surface area contributed by atoms with Gasteiger partial charge in [0, 0.05) is 10.6 Å². The molecule has 2 aromatic rings. The number of benzene rings is 2. The number of phenols is 1. The quantitative estimate of drug-likeness (QED) is 0.770.